The van der Waals surface area contributed by atoms with E-state index < -0.39 is 0 Å². The highest BCUT2D eigenvalue weighted by Crippen LogP contribution is 2.29. The highest BCUT2D eigenvalue weighted by molar-refractivity contribution is 8.45. The number of nitrogens with zero attached hydrogens (tertiary/aromatic N) is 1. The summed E-state index contributed by atoms with van der Waals surface area (Å²) in [5.74, 6) is 0.770. The fraction of sp³-hybridized carbons (Fsp3) is 0.0667. The SMILES string of the molecule is C=CCSC1=NC(=CC=Cc2ccccc2)C(=O)S1. The van der Waals surface area contributed by atoms with Gasteiger partial charge >= 0.3 is 0 Å². The molecule has 0 amide bonds. The Morgan fingerprint density at radius 3 is 2.84 bits per heavy atom. The second kappa shape index (κ2) is 7.16. The van der Waals surface area contributed by atoms with Gasteiger partial charge in [-0.3, -0.25) is 4.79 Å². The van der Waals surface area contributed by atoms with E-state index in [1.807, 2.05) is 42.5 Å². The molecule has 1 aliphatic heterocycles. The van der Waals surface area contributed by atoms with E-state index in [4.69, 9.17) is 0 Å². The topological polar surface area (TPSA) is 29.4 Å². The summed E-state index contributed by atoms with van der Waals surface area (Å²) >= 11 is 2.71. The second-order valence-electron chi connectivity index (χ2n) is 3.69. The lowest BCUT2D eigenvalue weighted by Crippen LogP contribution is -1.87. The van der Waals surface area contributed by atoms with Gasteiger partial charge in [-0.25, -0.2) is 4.99 Å². The molecule has 96 valence electrons. The van der Waals surface area contributed by atoms with Gasteiger partial charge in [-0.05, 0) is 23.4 Å². The van der Waals surface area contributed by atoms with Crippen LogP contribution in [0.1, 0.15) is 5.56 Å². The van der Waals surface area contributed by atoms with Crippen molar-refractivity contribution < 1.29 is 4.79 Å². The number of rotatable bonds is 4. The van der Waals surface area contributed by atoms with E-state index >= 15 is 0 Å². The summed E-state index contributed by atoms with van der Waals surface area (Å²) in [6.07, 6.45) is 7.36. The van der Waals surface area contributed by atoms with Crippen molar-refractivity contribution in [3.8, 4) is 0 Å². The van der Waals surface area contributed by atoms with E-state index in [2.05, 4.69) is 11.6 Å². The Morgan fingerprint density at radius 1 is 1.32 bits per heavy atom. The molecule has 0 spiro atoms. The molecule has 19 heavy (non-hydrogen) atoms. The minimum atomic E-state index is 0.00396. The number of thioether (sulfide) groups is 2. The van der Waals surface area contributed by atoms with Gasteiger partial charge in [0.25, 0.3) is 0 Å². The van der Waals surface area contributed by atoms with Gasteiger partial charge in [0.2, 0.25) is 5.12 Å². The minimum absolute atomic E-state index is 0.00396. The zero-order valence-electron chi connectivity index (χ0n) is 10.3. The van der Waals surface area contributed by atoms with Crippen LogP contribution in [0.2, 0.25) is 0 Å². The third kappa shape index (κ3) is 4.26. The highest BCUT2D eigenvalue weighted by Gasteiger charge is 2.21. The monoisotopic (exact) mass is 287 g/mol. The number of hydrogen-bond donors (Lipinski definition) is 0. The normalized spacial score (nSPS) is 17.2. The molecule has 4 heteroatoms. The van der Waals surface area contributed by atoms with Gasteiger partial charge in [0.15, 0.2) is 0 Å². The largest absolute Gasteiger partial charge is 0.279 e. The van der Waals surface area contributed by atoms with E-state index in [9.17, 15) is 4.79 Å². The first-order valence-corrected chi connectivity index (χ1v) is 7.58. The summed E-state index contributed by atoms with van der Waals surface area (Å²) in [5.41, 5.74) is 1.60. The molecule has 2 rings (SSSR count). The number of benzene rings is 1. The smallest absolute Gasteiger partial charge is 0.244 e. The van der Waals surface area contributed by atoms with Crippen LogP contribution >= 0.6 is 23.5 Å². The minimum Gasteiger partial charge on any atom is -0.279 e. The third-order valence-corrected chi connectivity index (χ3v) is 4.27. The van der Waals surface area contributed by atoms with Crippen LogP contribution in [0.15, 0.2) is 65.8 Å². The van der Waals surface area contributed by atoms with Gasteiger partial charge in [0, 0.05) is 5.75 Å². The van der Waals surface area contributed by atoms with E-state index in [0.717, 1.165) is 15.7 Å². The summed E-state index contributed by atoms with van der Waals surface area (Å²) in [6.45, 7) is 3.65. The molecule has 0 saturated carbocycles. The molecule has 1 heterocycles. The molecule has 0 saturated heterocycles. The predicted molar refractivity (Wildman–Crippen MR) is 86.2 cm³/mol. The summed E-state index contributed by atoms with van der Waals surface area (Å²) in [5, 5.41) is 0.00396. The Hall–Kier alpha value is -1.52. The lowest BCUT2D eigenvalue weighted by atomic mass is 10.2. The number of aliphatic imine (C=N–C) groups is 1. The molecule has 1 aromatic rings. The fourth-order valence-electron chi connectivity index (χ4n) is 1.41. The third-order valence-electron chi connectivity index (χ3n) is 2.27. The van der Waals surface area contributed by atoms with Crippen molar-refractivity contribution in [2.24, 2.45) is 4.99 Å². The maximum atomic E-state index is 11.7. The van der Waals surface area contributed by atoms with Crippen molar-refractivity contribution in [1.82, 2.24) is 0 Å². The summed E-state index contributed by atoms with van der Waals surface area (Å²) in [7, 11) is 0. The van der Waals surface area contributed by atoms with Crippen LogP contribution < -0.4 is 0 Å². The molecule has 2 nitrogen and oxygen atoms in total. The Balaban J connectivity index is 2.03. The van der Waals surface area contributed by atoms with Gasteiger partial charge in [0.1, 0.15) is 10.1 Å². The predicted octanol–water partition coefficient (Wildman–Crippen LogP) is 4.13. The van der Waals surface area contributed by atoms with Crippen LogP contribution in [-0.4, -0.2) is 15.2 Å². The van der Waals surface area contributed by atoms with E-state index in [-0.39, 0.29) is 5.12 Å². The van der Waals surface area contributed by atoms with Gasteiger partial charge in [0.05, 0.1) is 0 Å². The molecular weight excluding hydrogens is 274 g/mol. The van der Waals surface area contributed by atoms with Crippen molar-refractivity contribution in [3.63, 3.8) is 0 Å². The van der Waals surface area contributed by atoms with Crippen molar-refractivity contribution >= 4 is 39.1 Å². The first-order valence-electron chi connectivity index (χ1n) is 5.77. The molecule has 0 bridgehead atoms. The van der Waals surface area contributed by atoms with E-state index in [1.165, 1.54) is 23.5 Å². The van der Waals surface area contributed by atoms with Crippen molar-refractivity contribution in [2.45, 2.75) is 0 Å². The Bertz CT molecular complexity index is 559. The van der Waals surface area contributed by atoms with E-state index in [0.29, 0.717) is 5.70 Å². The summed E-state index contributed by atoms with van der Waals surface area (Å²) in [6, 6.07) is 9.95. The molecule has 0 atom stereocenters. The first-order chi connectivity index (χ1) is 9.29. The van der Waals surface area contributed by atoms with Gasteiger partial charge in [-0.2, -0.15) is 0 Å². The van der Waals surface area contributed by atoms with Crippen molar-refractivity contribution in [2.75, 3.05) is 5.75 Å². The van der Waals surface area contributed by atoms with Crippen LogP contribution in [0, 0.1) is 0 Å². The van der Waals surface area contributed by atoms with Crippen molar-refractivity contribution in [3.05, 3.63) is 66.4 Å². The number of carbonyl (C=O) groups excluding carboxylic acids is 1. The fourth-order valence-corrected chi connectivity index (χ4v) is 3.02. The first kappa shape index (κ1) is 13.9. The Morgan fingerprint density at radius 2 is 2.11 bits per heavy atom. The zero-order chi connectivity index (χ0) is 13.5. The van der Waals surface area contributed by atoms with Crippen LogP contribution in [0.3, 0.4) is 0 Å². The molecule has 0 fully saturated rings. The quantitative estimate of drug-likeness (QED) is 0.616. The van der Waals surface area contributed by atoms with Crippen LogP contribution in [0.5, 0.6) is 0 Å². The van der Waals surface area contributed by atoms with Crippen molar-refractivity contribution in [1.29, 1.82) is 0 Å². The Kier molecular flexibility index (Phi) is 5.24. The maximum absolute atomic E-state index is 11.7. The standard InChI is InChI=1S/C15H13NOS2/c1-2-11-18-15-16-13(14(17)19-15)10-6-9-12-7-4-3-5-8-12/h2-10H,1,11H2. The maximum Gasteiger partial charge on any atom is 0.244 e. The average molecular weight is 287 g/mol. The van der Waals surface area contributed by atoms with Gasteiger partial charge < -0.3 is 0 Å². The summed E-state index contributed by atoms with van der Waals surface area (Å²) < 4.78 is 0.796. The van der Waals surface area contributed by atoms with Gasteiger partial charge in [-0.1, -0.05) is 60.3 Å². The average Bonchev–Trinajstić information content (AvgIpc) is 2.78. The lowest BCUT2D eigenvalue weighted by molar-refractivity contribution is -0.107. The Labute approximate surface area is 121 Å². The van der Waals surface area contributed by atoms with Gasteiger partial charge in [-0.15, -0.1) is 6.58 Å². The number of allylic oxidation sites excluding steroid dienone is 2. The lowest BCUT2D eigenvalue weighted by Gasteiger charge is -1.90. The molecule has 0 aromatic heterocycles. The molecule has 1 aromatic carbocycles. The van der Waals surface area contributed by atoms with Crippen LogP contribution in [0.4, 0.5) is 0 Å². The van der Waals surface area contributed by atoms with E-state index in [1.54, 1.807) is 12.2 Å². The highest BCUT2D eigenvalue weighted by atomic mass is 32.2. The summed E-state index contributed by atoms with van der Waals surface area (Å²) in [4.78, 5) is 16.0. The molecule has 1 aliphatic rings. The number of hydrogen-bond acceptors (Lipinski definition) is 4. The van der Waals surface area contributed by atoms with Crippen LogP contribution in [-0.2, 0) is 4.79 Å². The molecule has 0 aliphatic carbocycles. The molecule has 0 unspecified atom stereocenters. The zero-order valence-corrected chi connectivity index (χ0v) is 11.9. The second-order valence-corrected chi connectivity index (χ2v) is 5.92. The van der Waals surface area contributed by atoms with Crippen LogP contribution in [0.25, 0.3) is 6.08 Å². The number of carbonyl (C=O) groups is 1. The molecule has 0 radical (unpaired) electrons. The molecular formula is C15H13NOS2. The molecule has 0 N–H and O–H groups in total.